The van der Waals surface area contributed by atoms with Gasteiger partial charge >= 0.3 is 0 Å². The van der Waals surface area contributed by atoms with Crippen LogP contribution < -0.4 is 10.5 Å². The molecule has 2 N–H and O–H groups in total. The number of fused-ring (bicyclic) bond motifs is 1. The molecule has 1 aromatic carbocycles. The van der Waals surface area contributed by atoms with E-state index in [1.165, 1.54) is 6.33 Å². The molecule has 4 heteroatoms. The summed E-state index contributed by atoms with van der Waals surface area (Å²) in [6.45, 7) is 0. The van der Waals surface area contributed by atoms with Crippen molar-refractivity contribution < 1.29 is 4.74 Å². The van der Waals surface area contributed by atoms with Crippen molar-refractivity contribution in [1.82, 2.24) is 9.97 Å². The lowest BCUT2D eigenvalue weighted by atomic mass is 10.2. The van der Waals surface area contributed by atoms with E-state index in [0.29, 0.717) is 11.6 Å². The number of rotatable bonds is 1. The number of methoxy groups -OCH3 is 1. The van der Waals surface area contributed by atoms with E-state index in [1.54, 1.807) is 7.11 Å². The van der Waals surface area contributed by atoms with Crippen LogP contribution in [-0.2, 0) is 0 Å². The number of nitrogen functional groups attached to an aromatic ring is 1. The fourth-order valence-corrected chi connectivity index (χ4v) is 1.25. The first-order valence-electron chi connectivity index (χ1n) is 3.86. The molecule has 1 aromatic heterocycles. The highest BCUT2D eigenvalue weighted by Gasteiger charge is 2.04. The molecule has 0 spiro atoms. The van der Waals surface area contributed by atoms with Gasteiger partial charge in [0.25, 0.3) is 0 Å². The first-order chi connectivity index (χ1) is 6.33. The summed E-state index contributed by atoms with van der Waals surface area (Å²) in [6, 6.07) is 5.57. The van der Waals surface area contributed by atoms with Gasteiger partial charge in [0, 0.05) is 5.39 Å². The number of hydrogen-bond acceptors (Lipinski definition) is 4. The molecule has 2 aromatic rings. The van der Waals surface area contributed by atoms with E-state index in [1.807, 2.05) is 18.2 Å². The zero-order valence-corrected chi connectivity index (χ0v) is 7.19. The van der Waals surface area contributed by atoms with E-state index in [0.717, 1.165) is 10.9 Å². The SMILES string of the molecule is COc1cccc2c(N)ncnc12. The van der Waals surface area contributed by atoms with Crippen LogP contribution >= 0.6 is 0 Å². The summed E-state index contributed by atoms with van der Waals surface area (Å²) in [6.07, 6.45) is 1.43. The molecule has 0 aliphatic heterocycles. The predicted molar refractivity (Wildman–Crippen MR) is 50.5 cm³/mol. The number of anilines is 1. The van der Waals surface area contributed by atoms with Crippen LogP contribution in [0, 0.1) is 0 Å². The van der Waals surface area contributed by atoms with Gasteiger partial charge in [-0.2, -0.15) is 0 Å². The van der Waals surface area contributed by atoms with Crippen LogP contribution in [0.15, 0.2) is 24.5 Å². The van der Waals surface area contributed by atoms with Crippen molar-refractivity contribution >= 4 is 16.7 Å². The zero-order valence-electron chi connectivity index (χ0n) is 7.19. The standard InChI is InChI=1S/C9H9N3O/c1-13-7-4-2-3-6-8(7)11-5-12-9(6)10/h2-5H,1H3,(H2,10,11,12). The molecule has 0 saturated heterocycles. The largest absolute Gasteiger partial charge is 0.494 e. The molecule has 0 atom stereocenters. The third-order valence-corrected chi connectivity index (χ3v) is 1.88. The number of hydrogen-bond donors (Lipinski definition) is 1. The Kier molecular flexibility index (Phi) is 1.73. The summed E-state index contributed by atoms with van der Waals surface area (Å²) in [4.78, 5) is 7.99. The van der Waals surface area contributed by atoms with Crippen molar-refractivity contribution in [2.24, 2.45) is 0 Å². The Bertz CT molecular complexity index is 442. The zero-order chi connectivity index (χ0) is 9.26. The van der Waals surface area contributed by atoms with Crippen LogP contribution in [0.2, 0.25) is 0 Å². The molecule has 4 nitrogen and oxygen atoms in total. The molecular formula is C9H9N3O. The molecule has 0 amide bonds. The molecular weight excluding hydrogens is 166 g/mol. The molecule has 0 unspecified atom stereocenters. The number of para-hydroxylation sites is 1. The lowest BCUT2D eigenvalue weighted by Crippen LogP contribution is -1.94. The minimum Gasteiger partial charge on any atom is -0.494 e. The second-order valence-corrected chi connectivity index (χ2v) is 2.62. The Balaban J connectivity index is 2.84. The van der Waals surface area contributed by atoms with Gasteiger partial charge in [-0.05, 0) is 12.1 Å². The highest BCUT2D eigenvalue weighted by atomic mass is 16.5. The predicted octanol–water partition coefficient (Wildman–Crippen LogP) is 1.22. The van der Waals surface area contributed by atoms with Crippen LogP contribution in [0.1, 0.15) is 0 Å². The number of ether oxygens (including phenoxy) is 1. The maximum absolute atomic E-state index is 5.67. The molecule has 0 aliphatic rings. The highest BCUT2D eigenvalue weighted by Crippen LogP contribution is 2.25. The van der Waals surface area contributed by atoms with E-state index in [-0.39, 0.29) is 0 Å². The molecule has 2 rings (SSSR count). The van der Waals surface area contributed by atoms with E-state index in [2.05, 4.69) is 9.97 Å². The third-order valence-electron chi connectivity index (χ3n) is 1.88. The normalized spacial score (nSPS) is 10.2. The van der Waals surface area contributed by atoms with Gasteiger partial charge in [0.2, 0.25) is 0 Å². The Morgan fingerprint density at radius 3 is 2.92 bits per heavy atom. The Hall–Kier alpha value is -1.84. The molecule has 0 bridgehead atoms. The van der Waals surface area contributed by atoms with Crippen molar-refractivity contribution in [2.45, 2.75) is 0 Å². The molecule has 0 radical (unpaired) electrons. The first kappa shape index (κ1) is 7.79. The van der Waals surface area contributed by atoms with Crippen molar-refractivity contribution in [1.29, 1.82) is 0 Å². The summed E-state index contributed by atoms with van der Waals surface area (Å²) in [5, 5.41) is 0.821. The first-order valence-corrected chi connectivity index (χ1v) is 3.86. The molecule has 0 aliphatic carbocycles. The maximum atomic E-state index is 5.67. The fraction of sp³-hybridized carbons (Fsp3) is 0.111. The number of aromatic nitrogens is 2. The van der Waals surface area contributed by atoms with E-state index in [4.69, 9.17) is 10.5 Å². The lowest BCUT2D eigenvalue weighted by molar-refractivity contribution is 0.419. The molecule has 1 heterocycles. The Morgan fingerprint density at radius 1 is 1.31 bits per heavy atom. The Morgan fingerprint density at radius 2 is 2.15 bits per heavy atom. The summed E-state index contributed by atoms with van der Waals surface area (Å²) in [7, 11) is 1.60. The van der Waals surface area contributed by atoms with E-state index >= 15 is 0 Å². The fourth-order valence-electron chi connectivity index (χ4n) is 1.25. The van der Waals surface area contributed by atoms with Gasteiger partial charge in [-0.25, -0.2) is 9.97 Å². The second-order valence-electron chi connectivity index (χ2n) is 2.62. The number of nitrogens with two attached hydrogens (primary N) is 1. The summed E-state index contributed by atoms with van der Waals surface area (Å²) in [5.41, 5.74) is 6.42. The van der Waals surface area contributed by atoms with Crippen LogP contribution in [0.3, 0.4) is 0 Å². The quantitative estimate of drug-likeness (QED) is 0.707. The van der Waals surface area contributed by atoms with Gasteiger partial charge in [-0.15, -0.1) is 0 Å². The van der Waals surface area contributed by atoms with Crippen LogP contribution in [0.25, 0.3) is 10.9 Å². The summed E-state index contributed by atoms with van der Waals surface area (Å²) in [5.74, 6) is 1.19. The minimum absolute atomic E-state index is 0.476. The van der Waals surface area contributed by atoms with Crippen molar-refractivity contribution in [3.05, 3.63) is 24.5 Å². The monoisotopic (exact) mass is 175 g/mol. The summed E-state index contributed by atoms with van der Waals surface area (Å²) >= 11 is 0. The minimum atomic E-state index is 0.476. The topological polar surface area (TPSA) is 61.0 Å². The third kappa shape index (κ3) is 1.16. The number of benzene rings is 1. The van der Waals surface area contributed by atoms with E-state index < -0.39 is 0 Å². The average Bonchev–Trinajstić information content (AvgIpc) is 2.18. The maximum Gasteiger partial charge on any atom is 0.145 e. The van der Waals surface area contributed by atoms with Crippen molar-refractivity contribution in [3.63, 3.8) is 0 Å². The lowest BCUT2D eigenvalue weighted by Gasteiger charge is -2.04. The molecule has 0 saturated carbocycles. The molecule has 0 fully saturated rings. The van der Waals surface area contributed by atoms with Gasteiger partial charge in [-0.1, -0.05) is 6.07 Å². The van der Waals surface area contributed by atoms with Gasteiger partial charge < -0.3 is 10.5 Å². The van der Waals surface area contributed by atoms with Crippen LogP contribution in [0.4, 0.5) is 5.82 Å². The van der Waals surface area contributed by atoms with Crippen molar-refractivity contribution in [3.8, 4) is 5.75 Å². The number of nitrogens with zero attached hydrogens (tertiary/aromatic N) is 2. The van der Waals surface area contributed by atoms with Gasteiger partial charge in [0.1, 0.15) is 23.4 Å². The van der Waals surface area contributed by atoms with E-state index in [9.17, 15) is 0 Å². The van der Waals surface area contributed by atoms with Gasteiger partial charge in [-0.3, -0.25) is 0 Å². The van der Waals surface area contributed by atoms with Gasteiger partial charge in [0.15, 0.2) is 0 Å². The average molecular weight is 175 g/mol. The Labute approximate surface area is 75.4 Å². The smallest absolute Gasteiger partial charge is 0.145 e. The van der Waals surface area contributed by atoms with Crippen LogP contribution in [0.5, 0.6) is 5.75 Å². The van der Waals surface area contributed by atoms with Crippen molar-refractivity contribution in [2.75, 3.05) is 12.8 Å². The molecule has 66 valence electrons. The van der Waals surface area contributed by atoms with Crippen LogP contribution in [-0.4, -0.2) is 17.1 Å². The second kappa shape index (κ2) is 2.90. The highest BCUT2D eigenvalue weighted by molar-refractivity contribution is 5.91. The van der Waals surface area contributed by atoms with Gasteiger partial charge in [0.05, 0.1) is 7.11 Å². The summed E-state index contributed by atoms with van der Waals surface area (Å²) < 4.78 is 5.14. The molecule has 13 heavy (non-hydrogen) atoms.